The van der Waals surface area contributed by atoms with E-state index in [2.05, 4.69) is 54.5 Å². The van der Waals surface area contributed by atoms with Gasteiger partial charge in [-0.2, -0.15) is 0 Å². The van der Waals surface area contributed by atoms with Gasteiger partial charge in [0, 0.05) is 25.6 Å². The van der Waals surface area contributed by atoms with E-state index in [1.54, 1.807) is 0 Å². The lowest BCUT2D eigenvalue weighted by molar-refractivity contribution is 0.274. The standard InChI is InChI=1S/C9H12N2/c1-8-3-4-11-6-5-10(2)9(11)7-8/h3-7,9H,1-2H3. The van der Waals surface area contributed by atoms with Crippen LogP contribution in [0.1, 0.15) is 6.92 Å². The maximum Gasteiger partial charge on any atom is 0.124 e. The van der Waals surface area contributed by atoms with Crippen LogP contribution in [0.3, 0.4) is 0 Å². The Morgan fingerprint density at radius 3 is 2.91 bits per heavy atom. The highest BCUT2D eigenvalue weighted by Crippen LogP contribution is 2.20. The van der Waals surface area contributed by atoms with Gasteiger partial charge in [0.15, 0.2) is 0 Å². The molecule has 2 heteroatoms. The third-order valence-corrected chi connectivity index (χ3v) is 2.12. The zero-order valence-electron chi connectivity index (χ0n) is 6.86. The number of hydrogen-bond donors (Lipinski definition) is 0. The molecule has 0 amide bonds. The maximum atomic E-state index is 2.25. The van der Waals surface area contributed by atoms with Crippen LogP contribution in [0.15, 0.2) is 36.3 Å². The lowest BCUT2D eigenvalue weighted by atomic mass is 10.2. The molecule has 0 bridgehead atoms. The summed E-state index contributed by atoms with van der Waals surface area (Å²) in [6.45, 7) is 2.12. The highest BCUT2D eigenvalue weighted by Gasteiger charge is 2.20. The van der Waals surface area contributed by atoms with Gasteiger partial charge in [0.05, 0.1) is 0 Å². The number of likely N-dealkylation sites (N-methyl/N-ethyl adjacent to an activating group) is 1. The van der Waals surface area contributed by atoms with Crippen molar-refractivity contribution in [3.63, 3.8) is 0 Å². The molecule has 2 aliphatic rings. The fourth-order valence-electron chi connectivity index (χ4n) is 1.40. The first kappa shape index (κ1) is 6.53. The van der Waals surface area contributed by atoms with E-state index in [1.807, 2.05) is 0 Å². The Morgan fingerprint density at radius 1 is 1.27 bits per heavy atom. The number of rotatable bonds is 0. The van der Waals surface area contributed by atoms with Crippen molar-refractivity contribution in [2.45, 2.75) is 13.1 Å². The monoisotopic (exact) mass is 148 g/mol. The van der Waals surface area contributed by atoms with Gasteiger partial charge in [0.25, 0.3) is 0 Å². The van der Waals surface area contributed by atoms with E-state index < -0.39 is 0 Å². The van der Waals surface area contributed by atoms with Gasteiger partial charge in [-0.05, 0) is 24.6 Å². The van der Waals surface area contributed by atoms with E-state index in [-0.39, 0.29) is 0 Å². The van der Waals surface area contributed by atoms with Crippen molar-refractivity contribution >= 4 is 0 Å². The van der Waals surface area contributed by atoms with Gasteiger partial charge in [0.1, 0.15) is 6.17 Å². The summed E-state index contributed by atoms with van der Waals surface area (Å²) >= 11 is 0. The molecular weight excluding hydrogens is 136 g/mol. The summed E-state index contributed by atoms with van der Waals surface area (Å²) in [4.78, 5) is 4.38. The van der Waals surface area contributed by atoms with Gasteiger partial charge in [-0.1, -0.05) is 0 Å². The van der Waals surface area contributed by atoms with Crippen molar-refractivity contribution in [1.82, 2.24) is 9.80 Å². The van der Waals surface area contributed by atoms with E-state index in [9.17, 15) is 0 Å². The summed E-state index contributed by atoms with van der Waals surface area (Å²) in [5.41, 5.74) is 1.34. The molecule has 11 heavy (non-hydrogen) atoms. The Kier molecular flexibility index (Phi) is 1.28. The Bertz CT molecular complexity index is 250. The van der Waals surface area contributed by atoms with Crippen LogP contribution in [0.5, 0.6) is 0 Å². The van der Waals surface area contributed by atoms with E-state index >= 15 is 0 Å². The van der Waals surface area contributed by atoms with Gasteiger partial charge in [-0.15, -0.1) is 0 Å². The van der Waals surface area contributed by atoms with E-state index in [1.165, 1.54) is 5.57 Å². The molecule has 0 radical (unpaired) electrons. The first-order valence-electron chi connectivity index (χ1n) is 3.82. The molecule has 2 heterocycles. The lowest BCUT2D eigenvalue weighted by Gasteiger charge is -2.28. The molecule has 1 atom stereocenters. The molecule has 0 saturated heterocycles. The minimum Gasteiger partial charge on any atom is -0.356 e. The van der Waals surface area contributed by atoms with Gasteiger partial charge < -0.3 is 9.80 Å². The molecular formula is C9H12N2. The minimum absolute atomic E-state index is 0.417. The average molecular weight is 148 g/mol. The van der Waals surface area contributed by atoms with Gasteiger partial charge in [-0.3, -0.25) is 0 Å². The Balaban J connectivity index is 2.27. The number of allylic oxidation sites excluding steroid dienone is 2. The molecule has 2 aliphatic heterocycles. The average Bonchev–Trinajstić information content (AvgIpc) is 2.33. The summed E-state index contributed by atoms with van der Waals surface area (Å²) < 4.78 is 0. The highest BCUT2D eigenvalue weighted by molar-refractivity contribution is 5.26. The van der Waals surface area contributed by atoms with E-state index in [0.29, 0.717) is 6.17 Å². The predicted molar refractivity (Wildman–Crippen MR) is 45.4 cm³/mol. The zero-order chi connectivity index (χ0) is 7.84. The third-order valence-electron chi connectivity index (χ3n) is 2.12. The summed E-state index contributed by atoms with van der Waals surface area (Å²) in [6.07, 6.45) is 11.1. The molecule has 0 spiro atoms. The van der Waals surface area contributed by atoms with E-state index in [4.69, 9.17) is 0 Å². The van der Waals surface area contributed by atoms with Crippen molar-refractivity contribution in [2.24, 2.45) is 0 Å². The largest absolute Gasteiger partial charge is 0.356 e. The molecule has 2 nitrogen and oxygen atoms in total. The third kappa shape index (κ3) is 0.946. The van der Waals surface area contributed by atoms with Crippen LogP contribution in [0, 0.1) is 0 Å². The highest BCUT2D eigenvalue weighted by atomic mass is 15.4. The van der Waals surface area contributed by atoms with E-state index in [0.717, 1.165) is 0 Å². The van der Waals surface area contributed by atoms with Crippen LogP contribution in [-0.2, 0) is 0 Å². The molecule has 0 aromatic rings. The predicted octanol–water partition coefficient (Wildman–Crippen LogP) is 1.50. The maximum absolute atomic E-state index is 2.25. The SMILES string of the molecule is CC1=CC2N(C)C=CN2C=C1. The normalized spacial score (nSPS) is 27.5. The number of nitrogens with zero attached hydrogens (tertiary/aromatic N) is 2. The Hall–Kier alpha value is -1.18. The summed E-state index contributed by atoms with van der Waals surface area (Å²) in [5, 5.41) is 0. The topological polar surface area (TPSA) is 6.48 Å². The first-order chi connectivity index (χ1) is 5.27. The van der Waals surface area contributed by atoms with Crippen molar-refractivity contribution < 1.29 is 0 Å². The molecule has 1 unspecified atom stereocenters. The van der Waals surface area contributed by atoms with Gasteiger partial charge in [0.2, 0.25) is 0 Å². The molecule has 58 valence electrons. The fourth-order valence-corrected chi connectivity index (χ4v) is 1.40. The van der Waals surface area contributed by atoms with Crippen LogP contribution in [0.2, 0.25) is 0 Å². The van der Waals surface area contributed by atoms with Crippen molar-refractivity contribution in [3.8, 4) is 0 Å². The van der Waals surface area contributed by atoms with Crippen LogP contribution in [0.25, 0.3) is 0 Å². The fraction of sp³-hybridized carbons (Fsp3) is 0.333. The summed E-state index contributed by atoms with van der Waals surface area (Å²) in [6, 6.07) is 0. The molecule has 2 rings (SSSR count). The molecule has 0 aromatic carbocycles. The van der Waals surface area contributed by atoms with Crippen LogP contribution >= 0.6 is 0 Å². The zero-order valence-corrected chi connectivity index (χ0v) is 6.86. The molecule has 0 saturated carbocycles. The smallest absolute Gasteiger partial charge is 0.124 e. The second kappa shape index (κ2) is 2.16. The Morgan fingerprint density at radius 2 is 2.09 bits per heavy atom. The first-order valence-corrected chi connectivity index (χ1v) is 3.82. The van der Waals surface area contributed by atoms with Crippen molar-refractivity contribution in [1.29, 1.82) is 0 Å². The van der Waals surface area contributed by atoms with Crippen LogP contribution in [0.4, 0.5) is 0 Å². The van der Waals surface area contributed by atoms with Crippen molar-refractivity contribution in [2.75, 3.05) is 7.05 Å². The van der Waals surface area contributed by atoms with Crippen LogP contribution < -0.4 is 0 Å². The molecule has 0 aliphatic carbocycles. The molecule has 0 N–H and O–H groups in total. The second-order valence-electron chi connectivity index (χ2n) is 3.05. The second-order valence-corrected chi connectivity index (χ2v) is 3.05. The van der Waals surface area contributed by atoms with Crippen LogP contribution in [-0.4, -0.2) is 23.0 Å². The van der Waals surface area contributed by atoms with Crippen molar-refractivity contribution in [3.05, 3.63) is 36.3 Å². The minimum atomic E-state index is 0.417. The quantitative estimate of drug-likeness (QED) is 0.513. The number of hydrogen-bond acceptors (Lipinski definition) is 2. The van der Waals surface area contributed by atoms with Gasteiger partial charge in [-0.25, -0.2) is 0 Å². The molecule has 0 aromatic heterocycles. The molecule has 0 fully saturated rings. The Labute approximate surface area is 67.1 Å². The summed E-state index contributed by atoms with van der Waals surface area (Å²) in [7, 11) is 2.09. The lowest BCUT2D eigenvalue weighted by Crippen LogP contribution is -2.33. The number of fused-ring (bicyclic) bond motifs is 1. The summed E-state index contributed by atoms with van der Waals surface area (Å²) in [5.74, 6) is 0. The van der Waals surface area contributed by atoms with Gasteiger partial charge >= 0.3 is 0 Å².